The van der Waals surface area contributed by atoms with Crippen molar-refractivity contribution in [2.75, 3.05) is 25.1 Å². The number of nitrogens with two attached hydrogens (primary N) is 1. The Morgan fingerprint density at radius 1 is 0.895 bits per heavy atom. The van der Waals surface area contributed by atoms with Gasteiger partial charge in [0.2, 0.25) is 0 Å². The molecule has 0 saturated carbocycles. The third-order valence-electron chi connectivity index (χ3n) is 5.59. The highest BCUT2D eigenvalue weighted by atomic mass is 16.4. The van der Waals surface area contributed by atoms with Crippen LogP contribution < -0.4 is 16.4 Å². The molecule has 1 aromatic carbocycles. The van der Waals surface area contributed by atoms with Gasteiger partial charge in [0.15, 0.2) is 0 Å². The number of hydrogen-bond donors (Lipinski definition) is 4. The van der Waals surface area contributed by atoms with E-state index in [0.717, 1.165) is 11.1 Å². The molecule has 4 rings (SSSR count). The Labute approximate surface area is 218 Å². The molecule has 11 heteroatoms. The van der Waals surface area contributed by atoms with Crippen molar-refractivity contribution in [3.63, 3.8) is 0 Å². The molecule has 11 nitrogen and oxygen atoms in total. The number of hydrogen-bond acceptors (Lipinski definition) is 7. The zero-order valence-electron chi connectivity index (χ0n) is 20.7. The molecule has 0 aliphatic carbocycles. The van der Waals surface area contributed by atoms with E-state index >= 15 is 0 Å². The quantitative estimate of drug-likeness (QED) is 0.293. The predicted molar refractivity (Wildman–Crippen MR) is 142 cm³/mol. The van der Waals surface area contributed by atoms with Crippen molar-refractivity contribution in [1.29, 1.82) is 0 Å². The number of pyridine rings is 3. The summed E-state index contributed by atoms with van der Waals surface area (Å²) in [7, 11) is 3.35. The lowest BCUT2D eigenvalue weighted by atomic mass is 10.0. The first-order valence-corrected chi connectivity index (χ1v) is 11.5. The van der Waals surface area contributed by atoms with Gasteiger partial charge in [-0.1, -0.05) is 0 Å². The minimum atomic E-state index is -1.18. The Morgan fingerprint density at radius 3 is 2.29 bits per heavy atom. The summed E-state index contributed by atoms with van der Waals surface area (Å²) in [5, 5.41) is 13.8. The van der Waals surface area contributed by atoms with Crippen LogP contribution in [0.4, 0.5) is 16.3 Å². The fraction of sp³-hybridized carbons (Fsp3) is 0.111. The van der Waals surface area contributed by atoms with Gasteiger partial charge in [-0.05, 0) is 60.2 Å². The van der Waals surface area contributed by atoms with Crippen molar-refractivity contribution in [3.8, 4) is 22.4 Å². The van der Waals surface area contributed by atoms with E-state index in [-0.39, 0.29) is 18.4 Å². The molecule has 38 heavy (non-hydrogen) atoms. The SMILES string of the molecule is CN(C)C(=O)c1ccc(-c2cc(-c3ccnc(CNC(=O)c4ccc(NC(=O)O)cc4)c3)cnc2N)nc1. The number of carbonyl (C=O) groups excluding carboxylic acids is 2. The summed E-state index contributed by atoms with van der Waals surface area (Å²) in [6.45, 7) is 0.181. The van der Waals surface area contributed by atoms with Crippen LogP contribution >= 0.6 is 0 Å². The number of aromatic nitrogens is 3. The van der Waals surface area contributed by atoms with Crippen LogP contribution in [0.15, 0.2) is 73.2 Å². The Kier molecular flexibility index (Phi) is 7.57. The molecule has 192 valence electrons. The van der Waals surface area contributed by atoms with Crippen molar-refractivity contribution < 1.29 is 19.5 Å². The third-order valence-corrected chi connectivity index (χ3v) is 5.59. The first-order chi connectivity index (χ1) is 18.2. The van der Waals surface area contributed by atoms with Crippen molar-refractivity contribution in [1.82, 2.24) is 25.2 Å². The lowest BCUT2D eigenvalue weighted by Crippen LogP contribution is -2.23. The summed E-state index contributed by atoms with van der Waals surface area (Å²) in [5.41, 5.74) is 10.8. The number of nitrogen functional groups attached to an aromatic ring is 1. The third kappa shape index (κ3) is 6.08. The topological polar surface area (TPSA) is 163 Å². The summed E-state index contributed by atoms with van der Waals surface area (Å²) < 4.78 is 0. The first kappa shape index (κ1) is 25.8. The molecule has 0 unspecified atom stereocenters. The fourth-order valence-corrected chi connectivity index (χ4v) is 3.63. The van der Waals surface area contributed by atoms with Crippen LogP contribution in [0.25, 0.3) is 22.4 Å². The van der Waals surface area contributed by atoms with Crippen molar-refractivity contribution >= 4 is 29.4 Å². The molecular formula is C27H25N7O4. The maximum atomic E-state index is 12.5. The smallest absolute Gasteiger partial charge is 0.409 e. The van der Waals surface area contributed by atoms with Gasteiger partial charge >= 0.3 is 6.09 Å². The van der Waals surface area contributed by atoms with E-state index in [1.54, 1.807) is 38.6 Å². The van der Waals surface area contributed by atoms with Crippen molar-refractivity contribution in [2.24, 2.45) is 0 Å². The molecule has 0 fully saturated rings. The lowest BCUT2D eigenvalue weighted by molar-refractivity contribution is 0.0826. The molecule has 0 aliphatic heterocycles. The maximum absolute atomic E-state index is 12.5. The Bertz CT molecular complexity index is 1490. The monoisotopic (exact) mass is 511 g/mol. The highest BCUT2D eigenvalue weighted by Gasteiger charge is 2.13. The second-order valence-corrected chi connectivity index (χ2v) is 8.51. The predicted octanol–water partition coefficient (Wildman–Crippen LogP) is 3.51. The van der Waals surface area contributed by atoms with Gasteiger partial charge in [-0.2, -0.15) is 0 Å². The molecule has 0 bridgehead atoms. The van der Waals surface area contributed by atoms with Gasteiger partial charge in [0.05, 0.1) is 23.5 Å². The number of carbonyl (C=O) groups is 3. The van der Waals surface area contributed by atoms with Crippen LogP contribution in [-0.4, -0.2) is 57.0 Å². The highest BCUT2D eigenvalue weighted by Crippen LogP contribution is 2.28. The van der Waals surface area contributed by atoms with E-state index in [1.165, 1.54) is 35.4 Å². The summed E-state index contributed by atoms with van der Waals surface area (Å²) in [6.07, 6.45) is 3.61. The number of benzene rings is 1. The van der Waals surface area contributed by atoms with E-state index in [1.807, 2.05) is 18.2 Å². The van der Waals surface area contributed by atoms with Crippen LogP contribution in [0, 0.1) is 0 Å². The van der Waals surface area contributed by atoms with Crippen molar-refractivity contribution in [2.45, 2.75) is 6.54 Å². The minimum Gasteiger partial charge on any atom is -0.465 e. The van der Waals surface area contributed by atoms with Crippen LogP contribution in [0.3, 0.4) is 0 Å². The molecule has 0 spiro atoms. The van der Waals surface area contributed by atoms with Crippen LogP contribution in [0.2, 0.25) is 0 Å². The van der Waals surface area contributed by atoms with Gasteiger partial charge in [0, 0.05) is 55.1 Å². The van der Waals surface area contributed by atoms with Gasteiger partial charge in [-0.25, -0.2) is 9.78 Å². The van der Waals surface area contributed by atoms with Crippen LogP contribution in [0.1, 0.15) is 26.4 Å². The van der Waals surface area contributed by atoms with Gasteiger partial charge in [0.25, 0.3) is 11.8 Å². The lowest BCUT2D eigenvalue weighted by Gasteiger charge is -2.11. The summed E-state index contributed by atoms with van der Waals surface area (Å²) in [4.78, 5) is 49.9. The van der Waals surface area contributed by atoms with E-state index in [9.17, 15) is 14.4 Å². The van der Waals surface area contributed by atoms with E-state index < -0.39 is 6.09 Å². The summed E-state index contributed by atoms with van der Waals surface area (Å²) in [5.74, 6) is -0.163. The number of anilines is 2. The molecule has 3 heterocycles. The van der Waals surface area contributed by atoms with Gasteiger partial charge in [-0.3, -0.25) is 24.9 Å². The average molecular weight is 512 g/mol. The standard InChI is InChI=1S/C27H25N7O4/c1-34(2)26(36)18-5-8-23(30-13-18)22-12-19(14-31-24(22)28)17-9-10-29-21(11-17)15-32-25(35)16-3-6-20(7-4-16)33-27(37)38/h3-14,33H,15H2,1-2H3,(H2,28,31)(H,32,35)(H,37,38). The molecule has 0 aliphatic rings. The number of nitrogens with zero attached hydrogens (tertiary/aromatic N) is 4. The largest absolute Gasteiger partial charge is 0.465 e. The summed E-state index contributed by atoms with van der Waals surface area (Å²) in [6, 6.07) is 15.0. The number of carboxylic acid groups (broad SMARTS) is 1. The zero-order valence-corrected chi connectivity index (χ0v) is 20.7. The van der Waals surface area contributed by atoms with E-state index in [4.69, 9.17) is 10.8 Å². The van der Waals surface area contributed by atoms with Crippen LogP contribution in [0.5, 0.6) is 0 Å². The second-order valence-electron chi connectivity index (χ2n) is 8.51. The maximum Gasteiger partial charge on any atom is 0.409 e. The molecule has 3 aromatic heterocycles. The number of nitrogens with one attached hydrogen (secondary N) is 2. The fourth-order valence-electron chi connectivity index (χ4n) is 3.63. The van der Waals surface area contributed by atoms with Gasteiger partial charge in [-0.15, -0.1) is 0 Å². The molecular weight excluding hydrogens is 486 g/mol. The number of amides is 3. The Morgan fingerprint density at radius 2 is 1.63 bits per heavy atom. The number of rotatable bonds is 7. The van der Waals surface area contributed by atoms with Gasteiger partial charge in [0.1, 0.15) is 5.82 Å². The molecule has 0 saturated heterocycles. The highest BCUT2D eigenvalue weighted by molar-refractivity contribution is 5.95. The Hall–Kier alpha value is -5.32. The molecule has 3 amide bonds. The molecule has 0 atom stereocenters. The molecule has 5 N–H and O–H groups in total. The van der Waals surface area contributed by atoms with E-state index in [2.05, 4.69) is 25.6 Å². The first-order valence-electron chi connectivity index (χ1n) is 11.5. The molecule has 0 radical (unpaired) electrons. The zero-order chi connectivity index (χ0) is 27.2. The Balaban J connectivity index is 1.48. The van der Waals surface area contributed by atoms with E-state index in [0.29, 0.717) is 39.6 Å². The average Bonchev–Trinajstić information content (AvgIpc) is 2.92. The van der Waals surface area contributed by atoms with Crippen LogP contribution in [-0.2, 0) is 6.54 Å². The van der Waals surface area contributed by atoms with Crippen molar-refractivity contribution in [3.05, 3.63) is 90.0 Å². The summed E-state index contributed by atoms with van der Waals surface area (Å²) >= 11 is 0. The second kappa shape index (κ2) is 11.2. The normalized spacial score (nSPS) is 10.5. The van der Waals surface area contributed by atoms with Gasteiger partial charge < -0.3 is 21.1 Å². The minimum absolute atomic E-state index is 0.146. The molecule has 4 aromatic rings.